The Labute approximate surface area is 220 Å². The maximum atomic E-state index is 13.9. The molecule has 1 N–H and O–H groups in total. The number of likely N-dealkylation sites (tertiary alicyclic amines) is 1. The zero-order chi connectivity index (χ0) is 26.4. The Morgan fingerprint density at radius 2 is 1.73 bits per heavy atom. The van der Waals surface area contributed by atoms with Gasteiger partial charge >= 0.3 is 0 Å². The lowest BCUT2D eigenvalue weighted by molar-refractivity contribution is 0.0702. The summed E-state index contributed by atoms with van der Waals surface area (Å²) in [5, 5.41) is 3.09. The molecule has 6 nitrogen and oxygen atoms in total. The van der Waals surface area contributed by atoms with E-state index in [1.165, 1.54) is 11.3 Å². The smallest absolute Gasteiger partial charge is 0.272 e. The molecule has 0 spiro atoms. The minimum Gasteiger partial charge on any atom is -0.380 e. The zero-order valence-electron chi connectivity index (χ0n) is 22.1. The highest BCUT2D eigenvalue weighted by Gasteiger charge is 2.26. The number of aromatic nitrogens is 1. The van der Waals surface area contributed by atoms with Gasteiger partial charge in [-0.2, -0.15) is 0 Å². The first-order valence-electron chi connectivity index (χ1n) is 13.3. The lowest BCUT2D eigenvalue weighted by Crippen LogP contribution is -2.39. The number of hydrogen-bond acceptors (Lipinski definition) is 5. The molecule has 0 unspecified atom stereocenters. The van der Waals surface area contributed by atoms with Crippen molar-refractivity contribution in [1.29, 1.82) is 0 Å². The molecule has 37 heavy (non-hydrogen) atoms. The highest BCUT2D eigenvalue weighted by Crippen LogP contribution is 2.32. The Bertz CT molecular complexity index is 1070. The molecule has 0 aliphatic carbocycles. The number of rotatable bonds is 9. The van der Waals surface area contributed by atoms with E-state index in [9.17, 15) is 9.18 Å². The molecule has 0 radical (unpaired) electrons. The number of nitrogens with zero attached hydrogens (tertiary/aromatic N) is 3. The number of halogens is 1. The summed E-state index contributed by atoms with van der Waals surface area (Å²) in [5.74, 6) is 0.291. The standard InChI is InChI=1S/C30H39FN4O2/c1-5-28(31)23(4)33-22(3)26-8-11-29(32-20-26)30(36)35-14-12-25(13-15-35)21(2)24-6-9-27(10-7-24)34-16-18-37-19-17-34/h6-11,20,23,25,28,33H,2-3,5,12-19H2,1,4H3/t23-,28-/m1/s1. The third-order valence-corrected chi connectivity index (χ3v) is 7.55. The molecule has 7 heteroatoms. The lowest BCUT2D eigenvalue weighted by Gasteiger charge is -2.33. The number of amides is 1. The Balaban J connectivity index is 1.28. The minimum absolute atomic E-state index is 0.0628. The van der Waals surface area contributed by atoms with Gasteiger partial charge in [0.25, 0.3) is 5.91 Å². The lowest BCUT2D eigenvalue weighted by atomic mass is 9.86. The van der Waals surface area contributed by atoms with E-state index in [4.69, 9.17) is 4.74 Å². The van der Waals surface area contributed by atoms with Gasteiger partial charge in [0.1, 0.15) is 11.9 Å². The number of pyridine rings is 1. The van der Waals surface area contributed by atoms with Gasteiger partial charge in [0.05, 0.1) is 19.3 Å². The minimum atomic E-state index is -0.945. The quantitative estimate of drug-likeness (QED) is 0.508. The zero-order valence-corrected chi connectivity index (χ0v) is 22.1. The first-order chi connectivity index (χ1) is 17.9. The monoisotopic (exact) mass is 506 g/mol. The Morgan fingerprint density at radius 3 is 2.32 bits per heavy atom. The van der Waals surface area contributed by atoms with E-state index in [1.807, 2.05) is 17.9 Å². The molecule has 1 amide bonds. The molecule has 1 aromatic carbocycles. The number of benzene rings is 1. The second kappa shape index (κ2) is 12.4. The van der Waals surface area contributed by atoms with Gasteiger partial charge < -0.3 is 19.9 Å². The molecule has 2 aliphatic heterocycles. The summed E-state index contributed by atoms with van der Waals surface area (Å²) in [4.78, 5) is 21.7. The summed E-state index contributed by atoms with van der Waals surface area (Å²) in [6.07, 6.45) is 2.89. The number of ether oxygens (including phenoxy) is 1. The van der Waals surface area contributed by atoms with E-state index in [2.05, 4.69) is 52.6 Å². The predicted octanol–water partition coefficient (Wildman–Crippen LogP) is 5.18. The predicted molar refractivity (Wildman–Crippen MR) is 148 cm³/mol. The first-order valence-corrected chi connectivity index (χ1v) is 13.3. The fraction of sp³-hybridized carbons (Fsp3) is 0.467. The van der Waals surface area contributed by atoms with Crippen LogP contribution in [0.5, 0.6) is 0 Å². The summed E-state index contributed by atoms with van der Waals surface area (Å²) >= 11 is 0. The van der Waals surface area contributed by atoms with Crippen LogP contribution in [-0.2, 0) is 4.74 Å². The first kappa shape index (κ1) is 26.9. The van der Waals surface area contributed by atoms with Crippen molar-refractivity contribution in [3.8, 4) is 0 Å². The van der Waals surface area contributed by atoms with Crippen LogP contribution >= 0.6 is 0 Å². The van der Waals surface area contributed by atoms with E-state index in [1.54, 1.807) is 19.2 Å². The van der Waals surface area contributed by atoms with Crippen LogP contribution < -0.4 is 10.2 Å². The van der Waals surface area contributed by atoms with Gasteiger partial charge in [-0.3, -0.25) is 9.78 Å². The molecule has 4 rings (SSSR count). The van der Waals surface area contributed by atoms with Crippen LogP contribution in [0.15, 0.2) is 55.8 Å². The molecule has 2 aromatic rings. The molecule has 198 valence electrons. The van der Waals surface area contributed by atoms with Crippen molar-refractivity contribution in [1.82, 2.24) is 15.2 Å². The molecule has 0 bridgehead atoms. The van der Waals surface area contributed by atoms with Crippen LogP contribution in [0.4, 0.5) is 10.1 Å². The van der Waals surface area contributed by atoms with Crippen molar-refractivity contribution in [2.24, 2.45) is 5.92 Å². The number of carbonyl (C=O) groups is 1. The van der Waals surface area contributed by atoms with E-state index in [-0.39, 0.29) is 11.9 Å². The van der Waals surface area contributed by atoms with Gasteiger partial charge in [-0.05, 0) is 67.5 Å². The third-order valence-electron chi connectivity index (χ3n) is 7.55. The average Bonchev–Trinajstić information content (AvgIpc) is 2.96. The summed E-state index contributed by atoms with van der Waals surface area (Å²) < 4.78 is 19.3. The summed E-state index contributed by atoms with van der Waals surface area (Å²) in [7, 11) is 0. The number of allylic oxidation sites excluding steroid dienone is 1. The molecule has 2 aliphatic rings. The van der Waals surface area contributed by atoms with Crippen LogP contribution in [0.25, 0.3) is 11.3 Å². The van der Waals surface area contributed by atoms with Crippen LogP contribution in [-0.4, -0.2) is 67.4 Å². The number of anilines is 1. The van der Waals surface area contributed by atoms with Gasteiger partial charge in [-0.25, -0.2) is 4.39 Å². The largest absolute Gasteiger partial charge is 0.380 e. The van der Waals surface area contributed by atoms with Gasteiger partial charge in [-0.1, -0.05) is 32.2 Å². The molecular weight excluding hydrogens is 467 g/mol. The van der Waals surface area contributed by atoms with Gasteiger partial charge in [0.15, 0.2) is 0 Å². The number of morpholine rings is 1. The molecule has 2 atom stereocenters. The van der Waals surface area contributed by atoms with Crippen LogP contribution in [0, 0.1) is 5.92 Å². The van der Waals surface area contributed by atoms with Crippen LogP contribution in [0.3, 0.4) is 0 Å². The third kappa shape index (κ3) is 6.58. The van der Waals surface area contributed by atoms with Gasteiger partial charge in [0, 0.05) is 49.3 Å². The molecule has 3 heterocycles. The van der Waals surface area contributed by atoms with E-state index >= 15 is 0 Å². The van der Waals surface area contributed by atoms with Crippen molar-refractivity contribution in [2.45, 2.75) is 45.3 Å². The van der Waals surface area contributed by atoms with Crippen molar-refractivity contribution in [3.63, 3.8) is 0 Å². The van der Waals surface area contributed by atoms with Crippen molar-refractivity contribution >= 4 is 22.9 Å². The summed E-state index contributed by atoms with van der Waals surface area (Å²) in [5.41, 5.74) is 5.30. The molecule has 0 saturated carbocycles. The summed E-state index contributed by atoms with van der Waals surface area (Å²) in [6.45, 7) is 16.8. The topological polar surface area (TPSA) is 57.7 Å². The van der Waals surface area contributed by atoms with Gasteiger partial charge in [0.2, 0.25) is 0 Å². The van der Waals surface area contributed by atoms with E-state index < -0.39 is 6.17 Å². The van der Waals surface area contributed by atoms with Crippen molar-refractivity contribution in [2.75, 3.05) is 44.3 Å². The Hall–Kier alpha value is -3.19. The number of carbonyl (C=O) groups excluding carboxylic acids is 1. The normalized spacial score (nSPS) is 18.2. The van der Waals surface area contributed by atoms with E-state index in [0.717, 1.165) is 50.3 Å². The van der Waals surface area contributed by atoms with Crippen molar-refractivity contribution < 1.29 is 13.9 Å². The molecule has 1 aromatic heterocycles. The number of hydrogen-bond donors (Lipinski definition) is 1. The molecular formula is C30H39FN4O2. The fourth-order valence-corrected chi connectivity index (χ4v) is 5.04. The number of alkyl halides is 1. The van der Waals surface area contributed by atoms with Gasteiger partial charge in [-0.15, -0.1) is 0 Å². The second-order valence-electron chi connectivity index (χ2n) is 10.0. The highest BCUT2D eigenvalue weighted by atomic mass is 19.1. The Kier molecular flexibility index (Phi) is 8.98. The molecule has 2 saturated heterocycles. The SMILES string of the molecule is C=C(N[C@H](C)[C@H](F)CC)c1ccc(C(=O)N2CCC(C(=C)c3ccc(N4CCOCC4)cc3)CC2)nc1. The fourth-order valence-electron chi connectivity index (χ4n) is 5.04. The average molecular weight is 507 g/mol. The van der Waals surface area contributed by atoms with Crippen LogP contribution in [0.2, 0.25) is 0 Å². The Morgan fingerprint density at radius 1 is 1.08 bits per heavy atom. The maximum absolute atomic E-state index is 13.9. The van der Waals surface area contributed by atoms with Crippen molar-refractivity contribution in [3.05, 3.63) is 72.6 Å². The maximum Gasteiger partial charge on any atom is 0.272 e. The number of piperidine rings is 1. The molecule has 2 fully saturated rings. The van der Waals surface area contributed by atoms with Crippen LogP contribution in [0.1, 0.15) is 54.7 Å². The summed E-state index contributed by atoms with van der Waals surface area (Å²) in [6, 6.07) is 11.9. The number of nitrogens with one attached hydrogen (secondary N) is 1. The highest BCUT2D eigenvalue weighted by molar-refractivity contribution is 5.92. The van der Waals surface area contributed by atoms with E-state index in [0.29, 0.717) is 36.8 Å². The second-order valence-corrected chi connectivity index (χ2v) is 10.0.